The van der Waals surface area contributed by atoms with Crippen LogP contribution in [0.4, 0.5) is 5.69 Å². The highest BCUT2D eigenvalue weighted by Gasteiger charge is 2.30. The summed E-state index contributed by atoms with van der Waals surface area (Å²) in [4.78, 5) is 40.7. The number of benzene rings is 1. The lowest BCUT2D eigenvalue weighted by Gasteiger charge is -2.24. The van der Waals surface area contributed by atoms with Crippen LogP contribution in [0.1, 0.15) is 36.6 Å². The highest BCUT2D eigenvalue weighted by atomic mass is 16.2. The van der Waals surface area contributed by atoms with E-state index < -0.39 is 30.1 Å². The first-order valence-corrected chi connectivity index (χ1v) is 6.47. The van der Waals surface area contributed by atoms with Crippen LogP contribution in [0.3, 0.4) is 0 Å². The number of nitrogens with two attached hydrogens (primary N) is 1. The zero-order valence-corrected chi connectivity index (χ0v) is 11.0. The van der Waals surface area contributed by atoms with E-state index in [0.29, 0.717) is 0 Å². The van der Waals surface area contributed by atoms with Gasteiger partial charge in [0.05, 0.1) is 24.7 Å². The van der Waals surface area contributed by atoms with E-state index in [4.69, 9.17) is 11.2 Å². The lowest BCUT2D eigenvalue weighted by Crippen LogP contribution is -2.36. The van der Waals surface area contributed by atoms with Crippen molar-refractivity contribution in [2.45, 2.75) is 32.2 Å². The molecule has 1 heterocycles. The Kier molecular flexibility index (Phi) is 2.16. The quantitative estimate of drug-likeness (QED) is 0.627. The fourth-order valence-corrected chi connectivity index (χ4v) is 2.63. The molecule has 0 saturated heterocycles. The van der Waals surface area contributed by atoms with Gasteiger partial charge in [0.2, 0.25) is 0 Å². The third-order valence-corrected chi connectivity index (χ3v) is 3.64. The molecular weight excluding hydrogens is 270 g/mol. The number of anilines is 1. The highest BCUT2D eigenvalue weighted by molar-refractivity contribution is 6.03. The summed E-state index contributed by atoms with van der Waals surface area (Å²) in [7, 11) is 0. The number of fused-ring (bicyclic) bond motifs is 1. The predicted octanol–water partition coefficient (Wildman–Crippen LogP) is 1.15. The second kappa shape index (κ2) is 4.80. The number of carbonyl (C=O) groups excluding carboxylic acids is 2. The van der Waals surface area contributed by atoms with Gasteiger partial charge in [0.15, 0.2) is 5.78 Å². The highest BCUT2D eigenvalue weighted by Crippen LogP contribution is 2.24. The maximum atomic E-state index is 13.0. The summed E-state index contributed by atoms with van der Waals surface area (Å²) in [6.07, 6.45) is -0.229. The molecule has 1 unspecified atom stereocenters. The Bertz CT molecular complexity index is 965. The molecule has 1 aliphatic rings. The molecule has 0 amide bonds. The van der Waals surface area contributed by atoms with Gasteiger partial charge in [0.25, 0.3) is 5.56 Å². The van der Waals surface area contributed by atoms with Gasteiger partial charge in [-0.1, -0.05) is 6.07 Å². The van der Waals surface area contributed by atoms with Crippen molar-refractivity contribution in [3.05, 3.63) is 34.4 Å². The summed E-state index contributed by atoms with van der Waals surface area (Å²) in [5, 5.41) is -0.0924. The van der Waals surface area contributed by atoms with Crippen molar-refractivity contribution in [1.29, 1.82) is 0 Å². The lowest BCUT2D eigenvalue weighted by molar-refractivity contribution is -0.132. The fraction of sp³-hybridized carbons (Fsp3) is 0.333. The number of rotatable bonds is 1. The molecular formula is C15H15N3O3. The van der Waals surface area contributed by atoms with Crippen LogP contribution in [0.25, 0.3) is 10.9 Å². The second-order valence-electron chi connectivity index (χ2n) is 5.00. The molecule has 1 atom stereocenters. The average molecular weight is 289 g/mol. The number of nitrogens with zero attached hydrogens (tertiary/aromatic N) is 2. The van der Waals surface area contributed by atoms with E-state index in [1.54, 1.807) is 0 Å². The van der Waals surface area contributed by atoms with Crippen molar-refractivity contribution < 1.29 is 15.1 Å². The minimum atomic E-state index is -2.73. The topological polar surface area (TPSA) is 95.0 Å². The molecule has 1 aromatic carbocycles. The van der Waals surface area contributed by atoms with E-state index >= 15 is 0 Å². The fourth-order valence-electron chi connectivity index (χ4n) is 2.63. The van der Waals surface area contributed by atoms with E-state index in [9.17, 15) is 14.4 Å². The molecule has 1 saturated carbocycles. The molecule has 0 aliphatic heterocycles. The van der Waals surface area contributed by atoms with E-state index in [-0.39, 0.29) is 47.7 Å². The lowest BCUT2D eigenvalue weighted by atomic mass is 9.92. The molecule has 1 fully saturated rings. The van der Waals surface area contributed by atoms with Crippen LogP contribution >= 0.6 is 0 Å². The molecule has 0 bridgehead atoms. The molecule has 3 rings (SSSR count). The Balaban J connectivity index is 2.37. The van der Waals surface area contributed by atoms with E-state index in [2.05, 4.69) is 4.98 Å². The minimum Gasteiger partial charge on any atom is -0.398 e. The summed E-state index contributed by atoms with van der Waals surface area (Å²) in [5.74, 6) is -1.29. The zero-order chi connectivity index (χ0) is 18.5. The van der Waals surface area contributed by atoms with Crippen LogP contribution in [0.15, 0.2) is 23.0 Å². The molecule has 2 aromatic rings. The zero-order valence-electron chi connectivity index (χ0n) is 15.0. The number of nitrogen functional groups attached to an aromatic ring is 1. The third-order valence-electron chi connectivity index (χ3n) is 3.64. The van der Waals surface area contributed by atoms with Crippen molar-refractivity contribution in [3.8, 4) is 0 Å². The largest absolute Gasteiger partial charge is 0.398 e. The van der Waals surface area contributed by atoms with Gasteiger partial charge < -0.3 is 5.73 Å². The molecule has 1 aliphatic carbocycles. The van der Waals surface area contributed by atoms with Crippen molar-refractivity contribution in [2.75, 3.05) is 5.73 Å². The van der Waals surface area contributed by atoms with Gasteiger partial charge in [-0.3, -0.25) is 19.0 Å². The van der Waals surface area contributed by atoms with Gasteiger partial charge in [-0.25, -0.2) is 4.98 Å². The predicted molar refractivity (Wildman–Crippen MR) is 78.1 cm³/mol. The van der Waals surface area contributed by atoms with Gasteiger partial charge in [-0.15, -0.1) is 0 Å². The molecule has 6 heteroatoms. The Morgan fingerprint density at radius 2 is 2.29 bits per heavy atom. The summed E-state index contributed by atoms with van der Waals surface area (Å²) >= 11 is 0. The minimum absolute atomic E-state index is 0.0360. The monoisotopic (exact) mass is 289 g/mol. The Hall–Kier alpha value is -2.50. The van der Waals surface area contributed by atoms with Gasteiger partial charge in [0, 0.05) is 16.2 Å². The van der Waals surface area contributed by atoms with Crippen LogP contribution in [-0.4, -0.2) is 21.1 Å². The maximum Gasteiger partial charge on any atom is 0.264 e. The summed E-state index contributed by atoms with van der Waals surface area (Å²) < 4.78 is 31.6. The molecule has 2 N–H and O–H groups in total. The van der Waals surface area contributed by atoms with Crippen LogP contribution in [0, 0.1) is 6.85 Å². The van der Waals surface area contributed by atoms with Crippen LogP contribution in [0.5, 0.6) is 0 Å². The summed E-state index contributed by atoms with van der Waals surface area (Å²) in [5.41, 5.74) is 4.96. The number of carbonyl (C=O) groups is 2. The van der Waals surface area contributed by atoms with Gasteiger partial charge in [-0.2, -0.15) is 0 Å². The van der Waals surface area contributed by atoms with Gasteiger partial charge >= 0.3 is 0 Å². The van der Waals surface area contributed by atoms with Crippen molar-refractivity contribution in [1.82, 2.24) is 9.55 Å². The first-order chi connectivity index (χ1) is 11.6. The molecule has 1 aromatic heterocycles. The number of hydrogen-bond donors (Lipinski definition) is 1. The van der Waals surface area contributed by atoms with Crippen molar-refractivity contribution in [2.24, 2.45) is 0 Å². The smallest absolute Gasteiger partial charge is 0.264 e. The summed E-state index contributed by atoms with van der Waals surface area (Å²) in [6.45, 7) is -2.73. The average Bonchev–Trinajstić information content (AvgIpc) is 2.50. The van der Waals surface area contributed by atoms with Crippen LogP contribution in [-0.2, 0) is 9.59 Å². The van der Waals surface area contributed by atoms with E-state index in [0.717, 1.165) is 4.57 Å². The molecule has 6 nitrogen and oxygen atoms in total. The molecule has 108 valence electrons. The van der Waals surface area contributed by atoms with Crippen molar-refractivity contribution >= 4 is 28.2 Å². The SMILES string of the molecule is [2H]c1ccc2nc(C([2H])([2H])[2H])n(C3CCC(=O)CC3=O)c(=O)c2c1N. The van der Waals surface area contributed by atoms with Gasteiger partial charge in [-0.05, 0) is 25.4 Å². The van der Waals surface area contributed by atoms with Crippen molar-refractivity contribution in [3.63, 3.8) is 0 Å². The number of Topliss-reactive ketones (excluding diaryl/α,β-unsaturated/α-hetero) is 2. The number of aromatic nitrogens is 2. The first-order valence-electron chi connectivity index (χ1n) is 8.47. The van der Waals surface area contributed by atoms with Crippen LogP contribution in [0.2, 0.25) is 0 Å². The Labute approximate surface area is 126 Å². The molecule has 21 heavy (non-hydrogen) atoms. The van der Waals surface area contributed by atoms with E-state index in [1.165, 1.54) is 12.1 Å². The van der Waals surface area contributed by atoms with E-state index in [1.807, 2.05) is 0 Å². The Morgan fingerprint density at radius 3 is 3.00 bits per heavy atom. The number of hydrogen-bond acceptors (Lipinski definition) is 5. The maximum absolute atomic E-state index is 13.0. The molecule has 0 spiro atoms. The Morgan fingerprint density at radius 1 is 1.48 bits per heavy atom. The molecule has 0 radical (unpaired) electrons. The second-order valence-corrected chi connectivity index (χ2v) is 5.00. The number of ketones is 2. The number of aryl methyl sites for hydroxylation is 1. The van der Waals surface area contributed by atoms with Gasteiger partial charge in [0.1, 0.15) is 11.6 Å². The standard InChI is InChI=1S/C15H15N3O3/c1-8-17-11-4-2-3-10(16)14(11)15(21)18(8)12-6-5-9(19)7-13(12)20/h2-4,12H,5-7,16H2,1H3/i1D3,3D. The normalized spacial score (nSPS) is 22.6. The third kappa shape index (κ3) is 2.12. The van der Waals surface area contributed by atoms with Crippen LogP contribution < -0.4 is 11.3 Å². The first kappa shape index (κ1) is 9.44. The summed E-state index contributed by atoms with van der Waals surface area (Å²) in [6, 6.07) is 1.50.